The molecule has 0 N–H and O–H groups in total. The molecule has 0 aliphatic carbocycles. The number of carbonyl (C=O) groups excluding carboxylic acids is 1. The fourth-order valence-corrected chi connectivity index (χ4v) is 3.27. The van der Waals surface area contributed by atoms with E-state index in [1.807, 2.05) is 24.4 Å². The van der Waals surface area contributed by atoms with Gasteiger partial charge in [0, 0.05) is 23.9 Å². The summed E-state index contributed by atoms with van der Waals surface area (Å²) in [6.45, 7) is 0.732. The van der Waals surface area contributed by atoms with Gasteiger partial charge in [-0.05, 0) is 30.5 Å². The smallest absolute Gasteiger partial charge is 0.171 e. The Labute approximate surface area is 122 Å². The molecule has 1 fully saturated rings. The Morgan fingerprint density at radius 2 is 2.30 bits per heavy atom. The number of ether oxygens (including phenoxy) is 1. The number of Topliss-reactive ketones (excluding diaryl/α,β-unsaturated/α-hetero) is 1. The van der Waals surface area contributed by atoms with E-state index in [4.69, 9.17) is 4.74 Å². The van der Waals surface area contributed by atoms with Crippen LogP contribution in [0.4, 0.5) is 0 Å². The van der Waals surface area contributed by atoms with Crippen molar-refractivity contribution in [2.24, 2.45) is 0 Å². The van der Waals surface area contributed by atoms with Gasteiger partial charge in [-0.1, -0.05) is 18.2 Å². The first-order chi connectivity index (χ1) is 9.83. The van der Waals surface area contributed by atoms with Crippen LogP contribution in [0.2, 0.25) is 0 Å². The molecule has 2 aromatic rings. The minimum absolute atomic E-state index is 0.155. The molecule has 4 heteroatoms. The van der Waals surface area contributed by atoms with Crippen LogP contribution < -0.4 is 0 Å². The second-order valence-corrected chi connectivity index (χ2v) is 5.98. The van der Waals surface area contributed by atoms with Crippen molar-refractivity contribution in [3.63, 3.8) is 0 Å². The van der Waals surface area contributed by atoms with Crippen molar-refractivity contribution < 1.29 is 9.53 Å². The van der Waals surface area contributed by atoms with Crippen LogP contribution >= 0.6 is 11.8 Å². The fourth-order valence-electron chi connectivity index (χ4n) is 2.39. The number of benzene rings is 1. The molecule has 20 heavy (non-hydrogen) atoms. The van der Waals surface area contributed by atoms with Crippen LogP contribution in [0, 0.1) is 0 Å². The molecule has 3 rings (SSSR count). The van der Waals surface area contributed by atoms with Gasteiger partial charge in [0.15, 0.2) is 5.78 Å². The van der Waals surface area contributed by atoms with Crippen LogP contribution in [0.3, 0.4) is 0 Å². The third kappa shape index (κ3) is 3.19. The summed E-state index contributed by atoms with van der Waals surface area (Å²) in [7, 11) is 0. The molecule has 0 amide bonds. The lowest BCUT2D eigenvalue weighted by atomic mass is 10.2. The molecule has 1 saturated heterocycles. The largest absolute Gasteiger partial charge is 0.370 e. The molecular formula is C16H17NO2S. The van der Waals surface area contributed by atoms with Gasteiger partial charge < -0.3 is 4.74 Å². The number of pyridine rings is 1. The molecule has 1 atom stereocenters. The van der Waals surface area contributed by atoms with E-state index in [0.717, 1.165) is 41.7 Å². The van der Waals surface area contributed by atoms with Crippen molar-refractivity contribution in [1.82, 2.24) is 4.98 Å². The zero-order valence-corrected chi connectivity index (χ0v) is 12.1. The Morgan fingerprint density at radius 3 is 3.15 bits per heavy atom. The summed E-state index contributed by atoms with van der Waals surface area (Å²) in [5.74, 6) is 1.56. The van der Waals surface area contributed by atoms with Gasteiger partial charge in [-0.25, -0.2) is 0 Å². The van der Waals surface area contributed by atoms with Gasteiger partial charge in [0.2, 0.25) is 0 Å². The molecule has 1 aliphatic heterocycles. The molecule has 0 radical (unpaired) electrons. The second kappa shape index (κ2) is 6.37. The molecule has 3 nitrogen and oxygen atoms in total. The lowest BCUT2D eigenvalue weighted by Crippen LogP contribution is -2.21. The maximum absolute atomic E-state index is 11.9. The van der Waals surface area contributed by atoms with E-state index in [-0.39, 0.29) is 11.9 Å². The highest BCUT2D eigenvalue weighted by atomic mass is 32.2. The number of fused-ring (bicyclic) bond motifs is 1. The van der Waals surface area contributed by atoms with E-state index in [9.17, 15) is 4.79 Å². The maximum Gasteiger partial charge on any atom is 0.171 e. The van der Waals surface area contributed by atoms with Crippen molar-refractivity contribution in [3.8, 4) is 0 Å². The number of thioether (sulfide) groups is 1. The minimum atomic E-state index is -0.155. The normalized spacial score (nSPS) is 18.5. The summed E-state index contributed by atoms with van der Waals surface area (Å²) < 4.78 is 5.40. The monoisotopic (exact) mass is 287 g/mol. The Bertz CT molecular complexity index is 608. The lowest BCUT2D eigenvalue weighted by molar-refractivity contribution is -0.125. The summed E-state index contributed by atoms with van der Waals surface area (Å²) in [6, 6.07) is 10.2. The quantitative estimate of drug-likeness (QED) is 0.846. The minimum Gasteiger partial charge on any atom is -0.370 e. The highest BCUT2D eigenvalue weighted by Gasteiger charge is 2.22. The first kappa shape index (κ1) is 13.6. The molecule has 2 heterocycles. The van der Waals surface area contributed by atoms with Crippen LogP contribution in [0.1, 0.15) is 18.4 Å². The standard InChI is InChI=1S/C16H17NO2S/c18-15(16-6-3-7-19-16)11-20-10-12-8-13-4-1-2-5-14(13)17-9-12/h1-2,4-5,8-9,16H,3,6-7,10-11H2/t16-/m1/s1. The van der Waals surface area contributed by atoms with Gasteiger partial charge in [0.1, 0.15) is 6.10 Å². The fraction of sp³-hybridized carbons (Fsp3) is 0.375. The van der Waals surface area contributed by atoms with Crippen LogP contribution in [0.25, 0.3) is 10.9 Å². The van der Waals surface area contributed by atoms with Crippen molar-refractivity contribution in [1.29, 1.82) is 0 Å². The van der Waals surface area contributed by atoms with E-state index < -0.39 is 0 Å². The third-order valence-electron chi connectivity index (χ3n) is 3.45. The first-order valence-electron chi connectivity index (χ1n) is 6.89. The molecule has 0 spiro atoms. The number of carbonyl (C=O) groups is 1. The van der Waals surface area contributed by atoms with Crippen LogP contribution in [-0.4, -0.2) is 29.2 Å². The predicted octanol–water partition coefficient (Wildman–Crippen LogP) is 3.22. The number of ketones is 1. The number of aromatic nitrogens is 1. The molecule has 0 bridgehead atoms. The zero-order valence-electron chi connectivity index (χ0n) is 11.2. The van der Waals surface area contributed by atoms with E-state index >= 15 is 0 Å². The SMILES string of the molecule is O=C(CSCc1cnc2ccccc2c1)[C@H]1CCCO1. The highest BCUT2D eigenvalue weighted by molar-refractivity contribution is 7.99. The lowest BCUT2D eigenvalue weighted by Gasteiger charge is -2.08. The van der Waals surface area contributed by atoms with E-state index in [1.54, 1.807) is 11.8 Å². The summed E-state index contributed by atoms with van der Waals surface area (Å²) in [4.78, 5) is 16.3. The Kier molecular flexibility index (Phi) is 4.33. The average molecular weight is 287 g/mol. The molecule has 0 saturated carbocycles. The molecule has 0 unspecified atom stereocenters. The number of nitrogens with zero attached hydrogens (tertiary/aromatic N) is 1. The zero-order chi connectivity index (χ0) is 13.8. The average Bonchev–Trinajstić information content (AvgIpc) is 3.01. The number of hydrogen-bond acceptors (Lipinski definition) is 4. The number of rotatable bonds is 5. The molecule has 1 aromatic heterocycles. The van der Waals surface area contributed by atoms with E-state index in [2.05, 4.69) is 17.1 Å². The maximum atomic E-state index is 11.9. The van der Waals surface area contributed by atoms with E-state index in [0.29, 0.717) is 5.75 Å². The summed E-state index contributed by atoms with van der Waals surface area (Å²) in [5, 5.41) is 1.15. The third-order valence-corrected chi connectivity index (χ3v) is 4.48. The van der Waals surface area contributed by atoms with Crippen molar-refractivity contribution >= 4 is 28.4 Å². The van der Waals surface area contributed by atoms with Gasteiger partial charge in [-0.3, -0.25) is 9.78 Å². The van der Waals surface area contributed by atoms with Crippen molar-refractivity contribution in [2.45, 2.75) is 24.7 Å². The number of para-hydroxylation sites is 1. The van der Waals surface area contributed by atoms with Gasteiger partial charge in [0.05, 0.1) is 11.3 Å². The molecule has 1 aliphatic rings. The van der Waals surface area contributed by atoms with Gasteiger partial charge in [0.25, 0.3) is 0 Å². The molecule has 1 aromatic carbocycles. The Balaban J connectivity index is 1.55. The second-order valence-electron chi connectivity index (χ2n) is 5.00. The van der Waals surface area contributed by atoms with Gasteiger partial charge >= 0.3 is 0 Å². The van der Waals surface area contributed by atoms with Gasteiger partial charge in [-0.2, -0.15) is 0 Å². The van der Waals surface area contributed by atoms with Crippen molar-refractivity contribution in [2.75, 3.05) is 12.4 Å². The first-order valence-corrected chi connectivity index (χ1v) is 8.04. The van der Waals surface area contributed by atoms with Crippen LogP contribution in [0.15, 0.2) is 36.5 Å². The van der Waals surface area contributed by atoms with Crippen LogP contribution in [-0.2, 0) is 15.3 Å². The summed E-state index contributed by atoms with van der Waals surface area (Å²) in [6.07, 6.45) is 3.63. The molecule has 104 valence electrons. The summed E-state index contributed by atoms with van der Waals surface area (Å²) >= 11 is 1.64. The molecular weight excluding hydrogens is 270 g/mol. The Hall–Kier alpha value is -1.39. The number of hydrogen-bond donors (Lipinski definition) is 0. The highest BCUT2D eigenvalue weighted by Crippen LogP contribution is 2.19. The Morgan fingerprint density at radius 1 is 1.40 bits per heavy atom. The van der Waals surface area contributed by atoms with Gasteiger partial charge in [-0.15, -0.1) is 11.8 Å². The van der Waals surface area contributed by atoms with E-state index in [1.165, 1.54) is 0 Å². The topological polar surface area (TPSA) is 39.2 Å². The van der Waals surface area contributed by atoms with Crippen LogP contribution in [0.5, 0.6) is 0 Å². The summed E-state index contributed by atoms with van der Waals surface area (Å²) in [5.41, 5.74) is 2.17. The van der Waals surface area contributed by atoms with Crippen molar-refractivity contribution in [3.05, 3.63) is 42.1 Å². The predicted molar refractivity (Wildman–Crippen MR) is 81.9 cm³/mol.